The number of rotatable bonds is 15. The van der Waals surface area contributed by atoms with Gasteiger partial charge in [0.25, 0.3) is 0 Å². The molecule has 0 bridgehead atoms. The standard InChI is InChI=1S/C31H38N2O2/c1-4-6-10-22-34-25(3)11-8-7-9-12-26-13-15-27(16-14-26)28-17-19-29(20-18-28)30-23-32-31(33-24-30)35-21-5-2/h5,9,12-20,23-25H,2,4,6-8,10-11,21-22H2,1,3H3. The van der Waals surface area contributed by atoms with Gasteiger partial charge in [-0.1, -0.05) is 93.1 Å². The number of benzene rings is 2. The minimum Gasteiger partial charge on any atom is -0.459 e. The van der Waals surface area contributed by atoms with E-state index in [0.717, 1.165) is 37.0 Å². The number of unbranched alkanes of at least 4 members (excludes halogenated alkanes) is 3. The zero-order valence-electron chi connectivity index (χ0n) is 21.2. The van der Waals surface area contributed by atoms with Crippen LogP contribution in [0.3, 0.4) is 0 Å². The van der Waals surface area contributed by atoms with Crippen molar-refractivity contribution in [2.24, 2.45) is 0 Å². The molecule has 0 spiro atoms. The van der Waals surface area contributed by atoms with Crippen molar-refractivity contribution in [2.75, 3.05) is 13.2 Å². The molecule has 0 aliphatic heterocycles. The monoisotopic (exact) mass is 470 g/mol. The summed E-state index contributed by atoms with van der Waals surface area (Å²) in [5.41, 5.74) is 5.64. The topological polar surface area (TPSA) is 44.2 Å². The molecule has 1 atom stereocenters. The van der Waals surface area contributed by atoms with Gasteiger partial charge < -0.3 is 9.47 Å². The Hall–Kier alpha value is -3.24. The molecule has 184 valence electrons. The first kappa shape index (κ1) is 26.4. The van der Waals surface area contributed by atoms with Gasteiger partial charge in [0.15, 0.2) is 0 Å². The third-order valence-corrected chi connectivity index (χ3v) is 5.86. The molecule has 3 rings (SSSR count). The molecule has 4 heteroatoms. The second-order valence-corrected chi connectivity index (χ2v) is 8.78. The Labute approximate surface area is 210 Å². The highest BCUT2D eigenvalue weighted by molar-refractivity contribution is 5.70. The first-order valence-electron chi connectivity index (χ1n) is 12.7. The maximum absolute atomic E-state index is 5.88. The van der Waals surface area contributed by atoms with Crippen LogP contribution in [0.4, 0.5) is 0 Å². The number of hydrogen-bond donors (Lipinski definition) is 0. The van der Waals surface area contributed by atoms with Crippen LogP contribution in [0.5, 0.6) is 6.01 Å². The van der Waals surface area contributed by atoms with E-state index in [2.05, 4.69) is 91.1 Å². The average Bonchev–Trinajstić information content (AvgIpc) is 2.90. The molecule has 0 aliphatic carbocycles. The van der Waals surface area contributed by atoms with Crippen molar-refractivity contribution in [1.82, 2.24) is 9.97 Å². The molecule has 4 nitrogen and oxygen atoms in total. The summed E-state index contributed by atoms with van der Waals surface area (Å²) in [7, 11) is 0. The van der Waals surface area contributed by atoms with Gasteiger partial charge in [-0.15, -0.1) is 0 Å². The van der Waals surface area contributed by atoms with Crippen molar-refractivity contribution in [3.05, 3.63) is 85.2 Å². The lowest BCUT2D eigenvalue weighted by Crippen LogP contribution is -2.08. The second kappa shape index (κ2) is 14.9. The van der Waals surface area contributed by atoms with Crippen LogP contribution in [-0.2, 0) is 4.74 Å². The zero-order valence-corrected chi connectivity index (χ0v) is 21.2. The molecule has 35 heavy (non-hydrogen) atoms. The molecule has 2 aromatic carbocycles. The minimum atomic E-state index is 0.356. The molecule has 1 heterocycles. The number of nitrogens with zero attached hydrogens (tertiary/aromatic N) is 2. The Bertz CT molecular complexity index is 1030. The summed E-state index contributed by atoms with van der Waals surface area (Å²) in [5.74, 6) is 0. The van der Waals surface area contributed by atoms with E-state index < -0.39 is 0 Å². The third kappa shape index (κ3) is 9.14. The molecule has 0 fully saturated rings. The van der Waals surface area contributed by atoms with Crippen molar-refractivity contribution in [3.8, 4) is 28.3 Å². The second-order valence-electron chi connectivity index (χ2n) is 8.78. The molecule has 0 N–H and O–H groups in total. The van der Waals surface area contributed by atoms with Gasteiger partial charge in [0.05, 0.1) is 6.10 Å². The number of allylic oxidation sites excluding steroid dienone is 1. The van der Waals surface area contributed by atoms with Crippen LogP contribution in [0.1, 0.15) is 57.9 Å². The van der Waals surface area contributed by atoms with E-state index >= 15 is 0 Å². The van der Waals surface area contributed by atoms with E-state index in [0.29, 0.717) is 18.7 Å². The van der Waals surface area contributed by atoms with Crippen molar-refractivity contribution in [1.29, 1.82) is 0 Å². The predicted molar refractivity (Wildman–Crippen MR) is 146 cm³/mol. The van der Waals surface area contributed by atoms with E-state index in [1.165, 1.54) is 36.0 Å². The van der Waals surface area contributed by atoms with Gasteiger partial charge >= 0.3 is 6.01 Å². The lowest BCUT2D eigenvalue weighted by Gasteiger charge is -2.12. The molecular weight excluding hydrogens is 432 g/mol. The normalized spacial score (nSPS) is 12.1. The Kier molecular flexibility index (Phi) is 11.2. The van der Waals surface area contributed by atoms with Crippen LogP contribution in [0.25, 0.3) is 28.3 Å². The summed E-state index contributed by atoms with van der Waals surface area (Å²) in [6.07, 6.45) is 17.1. The molecule has 0 saturated carbocycles. The Morgan fingerprint density at radius 1 is 0.857 bits per heavy atom. The quantitative estimate of drug-likeness (QED) is 0.166. The summed E-state index contributed by atoms with van der Waals surface area (Å²) in [6.45, 7) is 9.33. The van der Waals surface area contributed by atoms with Crippen molar-refractivity contribution in [2.45, 2.75) is 58.5 Å². The van der Waals surface area contributed by atoms with Crippen LogP contribution < -0.4 is 4.74 Å². The maximum Gasteiger partial charge on any atom is 0.316 e. The van der Waals surface area contributed by atoms with Crippen LogP contribution in [0.15, 0.2) is 79.7 Å². The molecule has 0 amide bonds. The van der Waals surface area contributed by atoms with Crippen molar-refractivity contribution >= 4 is 6.08 Å². The maximum atomic E-state index is 5.88. The van der Waals surface area contributed by atoms with E-state index in [9.17, 15) is 0 Å². The van der Waals surface area contributed by atoms with E-state index in [-0.39, 0.29) is 0 Å². The molecule has 1 unspecified atom stereocenters. The molecular formula is C31H38N2O2. The minimum absolute atomic E-state index is 0.356. The largest absolute Gasteiger partial charge is 0.459 e. The van der Waals surface area contributed by atoms with E-state index in [4.69, 9.17) is 9.47 Å². The van der Waals surface area contributed by atoms with Gasteiger partial charge in [0.1, 0.15) is 6.61 Å². The molecule has 0 saturated heterocycles. The van der Waals surface area contributed by atoms with Gasteiger partial charge in [0, 0.05) is 24.6 Å². The van der Waals surface area contributed by atoms with Gasteiger partial charge in [-0.3, -0.25) is 0 Å². The highest BCUT2D eigenvalue weighted by atomic mass is 16.5. The van der Waals surface area contributed by atoms with Gasteiger partial charge in [0.2, 0.25) is 0 Å². The Morgan fingerprint density at radius 2 is 1.49 bits per heavy atom. The fourth-order valence-corrected chi connectivity index (χ4v) is 3.78. The SMILES string of the molecule is C=CCOc1ncc(-c2ccc(-c3ccc(C=CCCCC(C)OCCCCC)cc3)cc2)cn1. The number of hydrogen-bond acceptors (Lipinski definition) is 4. The summed E-state index contributed by atoms with van der Waals surface area (Å²) >= 11 is 0. The predicted octanol–water partition coefficient (Wildman–Crippen LogP) is 8.15. The fourth-order valence-electron chi connectivity index (χ4n) is 3.78. The average molecular weight is 471 g/mol. The molecule has 3 aromatic rings. The fraction of sp³-hybridized carbons (Fsp3) is 0.355. The van der Waals surface area contributed by atoms with Crippen molar-refractivity contribution < 1.29 is 9.47 Å². The number of aromatic nitrogens is 2. The lowest BCUT2D eigenvalue weighted by molar-refractivity contribution is 0.0566. The third-order valence-electron chi connectivity index (χ3n) is 5.86. The van der Waals surface area contributed by atoms with Crippen LogP contribution in [-0.4, -0.2) is 29.3 Å². The Balaban J connectivity index is 1.45. The highest BCUT2D eigenvalue weighted by Crippen LogP contribution is 2.25. The summed E-state index contributed by atoms with van der Waals surface area (Å²) in [5, 5.41) is 0. The molecule has 1 aromatic heterocycles. The van der Waals surface area contributed by atoms with E-state index in [1.807, 2.05) is 0 Å². The number of ether oxygens (including phenoxy) is 2. The smallest absolute Gasteiger partial charge is 0.316 e. The first-order valence-corrected chi connectivity index (χ1v) is 12.7. The van der Waals surface area contributed by atoms with Crippen molar-refractivity contribution in [3.63, 3.8) is 0 Å². The molecule has 0 aliphatic rings. The highest BCUT2D eigenvalue weighted by Gasteiger charge is 2.04. The summed E-state index contributed by atoms with van der Waals surface area (Å²) < 4.78 is 11.2. The first-order chi connectivity index (χ1) is 17.2. The molecule has 0 radical (unpaired) electrons. The summed E-state index contributed by atoms with van der Waals surface area (Å²) in [6, 6.07) is 17.5. The van der Waals surface area contributed by atoms with Crippen LogP contribution in [0, 0.1) is 0 Å². The summed E-state index contributed by atoms with van der Waals surface area (Å²) in [4.78, 5) is 8.50. The van der Waals surface area contributed by atoms with Crippen LogP contribution in [0.2, 0.25) is 0 Å². The van der Waals surface area contributed by atoms with Gasteiger partial charge in [-0.25, -0.2) is 9.97 Å². The van der Waals surface area contributed by atoms with Gasteiger partial charge in [-0.05, 0) is 54.9 Å². The lowest BCUT2D eigenvalue weighted by atomic mass is 10.0. The van der Waals surface area contributed by atoms with Gasteiger partial charge in [-0.2, -0.15) is 0 Å². The zero-order chi connectivity index (χ0) is 24.7. The Morgan fingerprint density at radius 3 is 2.11 bits per heavy atom. The van der Waals surface area contributed by atoms with E-state index in [1.54, 1.807) is 18.5 Å². The van der Waals surface area contributed by atoms with Crippen LogP contribution >= 0.6 is 0 Å².